The maximum Gasteiger partial charge on any atom is 0.159 e. The maximum atomic E-state index is 6.17. The largest absolute Gasteiger partial charge is 0.236 e. The van der Waals surface area contributed by atoms with Crippen LogP contribution in [0.3, 0.4) is 0 Å². The van der Waals surface area contributed by atoms with Crippen LogP contribution >= 0.6 is 46.1 Å². The number of thiazole rings is 1. The third kappa shape index (κ3) is 2.61. The van der Waals surface area contributed by atoms with E-state index in [4.69, 9.17) is 34.8 Å². The lowest BCUT2D eigenvalue weighted by molar-refractivity contribution is 1.09. The van der Waals surface area contributed by atoms with Gasteiger partial charge in [0.05, 0.1) is 0 Å². The first kappa shape index (κ1) is 14.0. The molecule has 2 aromatic heterocycles. The van der Waals surface area contributed by atoms with Crippen LogP contribution in [-0.4, -0.2) is 15.0 Å². The second-order valence-corrected chi connectivity index (χ2v) is 6.43. The Bertz CT molecular complexity index is 781. The fraction of sp³-hybridized carbons (Fsp3) is 0.154. The summed E-state index contributed by atoms with van der Waals surface area (Å²) in [4.78, 5) is 13.7. The molecule has 0 aliphatic rings. The third-order valence-electron chi connectivity index (χ3n) is 2.76. The van der Waals surface area contributed by atoms with Crippen LogP contribution in [0.2, 0.25) is 15.2 Å². The Morgan fingerprint density at radius 3 is 2.45 bits per heavy atom. The van der Waals surface area contributed by atoms with Crippen molar-refractivity contribution in [1.29, 1.82) is 0 Å². The summed E-state index contributed by atoms with van der Waals surface area (Å²) in [5.74, 6) is 0.633. The van der Waals surface area contributed by atoms with Gasteiger partial charge in [-0.1, -0.05) is 52.2 Å². The molecule has 0 atom stereocenters. The van der Waals surface area contributed by atoms with Gasteiger partial charge in [-0.15, -0.1) is 0 Å². The van der Waals surface area contributed by atoms with Crippen LogP contribution in [0.4, 0.5) is 0 Å². The lowest BCUT2D eigenvalue weighted by Gasteiger charge is -2.03. The van der Waals surface area contributed by atoms with Gasteiger partial charge in [-0.2, -0.15) is 0 Å². The van der Waals surface area contributed by atoms with Crippen molar-refractivity contribution >= 4 is 56.5 Å². The summed E-state index contributed by atoms with van der Waals surface area (Å²) >= 11 is 19.9. The average Bonchev–Trinajstić information content (AvgIpc) is 2.77. The molecular formula is C13H8Cl3N3S. The molecule has 0 amide bonds. The van der Waals surface area contributed by atoms with Gasteiger partial charge in [-0.25, -0.2) is 15.0 Å². The molecule has 0 aliphatic heterocycles. The number of rotatable bonds is 2. The summed E-state index contributed by atoms with van der Waals surface area (Å²) < 4.78 is 0. The minimum absolute atomic E-state index is 0.375. The van der Waals surface area contributed by atoms with Crippen LogP contribution in [0.15, 0.2) is 18.2 Å². The van der Waals surface area contributed by atoms with E-state index in [1.54, 1.807) is 6.92 Å². The van der Waals surface area contributed by atoms with Gasteiger partial charge in [0.15, 0.2) is 5.15 Å². The minimum Gasteiger partial charge on any atom is -0.236 e. The summed E-state index contributed by atoms with van der Waals surface area (Å²) in [6.07, 6.45) is 0.551. The fourth-order valence-corrected chi connectivity index (χ4v) is 3.69. The molecule has 3 aromatic rings. The van der Waals surface area contributed by atoms with Crippen molar-refractivity contribution in [2.75, 3.05) is 0 Å². The zero-order valence-corrected chi connectivity index (χ0v) is 13.4. The highest BCUT2D eigenvalue weighted by Gasteiger charge is 2.13. The Morgan fingerprint density at radius 1 is 1.05 bits per heavy atom. The van der Waals surface area contributed by atoms with Gasteiger partial charge in [-0.05, 0) is 24.6 Å². The van der Waals surface area contributed by atoms with E-state index in [2.05, 4.69) is 15.0 Å². The standard InChI is InChI=1S/C13H8Cl3N3S/c1-6-17-12(16)11-13(18-6)20-10(19-11)5-7-8(14)3-2-4-9(7)15/h2-4H,5H2,1H3. The zero-order chi connectivity index (χ0) is 14.3. The molecule has 0 saturated carbocycles. The lowest BCUT2D eigenvalue weighted by Crippen LogP contribution is -1.90. The van der Waals surface area contributed by atoms with E-state index >= 15 is 0 Å². The molecule has 0 unspecified atom stereocenters. The average molecular weight is 345 g/mol. The molecule has 3 nitrogen and oxygen atoms in total. The van der Waals surface area contributed by atoms with Crippen molar-refractivity contribution in [3.05, 3.63) is 49.8 Å². The van der Waals surface area contributed by atoms with Crippen molar-refractivity contribution in [1.82, 2.24) is 15.0 Å². The topological polar surface area (TPSA) is 38.7 Å². The van der Waals surface area contributed by atoms with Crippen LogP contribution in [0.1, 0.15) is 16.4 Å². The molecule has 0 bridgehead atoms. The Hall–Kier alpha value is -0.940. The first-order valence-electron chi connectivity index (χ1n) is 5.77. The number of hydrogen-bond acceptors (Lipinski definition) is 4. The number of hydrogen-bond donors (Lipinski definition) is 0. The van der Waals surface area contributed by atoms with E-state index < -0.39 is 0 Å². The number of fused-ring (bicyclic) bond motifs is 1. The number of aryl methyl sites for hydroxylation is 1. The summed E-state index contributed by atoms with van der Waals surface area (Å²) in [7, 11) is 0. The molecule has 3 rings (SSSR count). The number of aromatic nitrogens is 3. The van der Waals surface area contributed by atoms with Crippen molar-refractivity contribution in [3.63, 3.8) is 0 Å². The van der Waals surface area contributed by atoms with Gasteiger partial charge >= 0.3 is 0 Å². The monoisotopic (exact) mass is 343 g/mol. The molecular weight excluding hydrogens is 337 g/mol. The minimum atomic E-state index is 0.375. The molecule has 102 valence electrons. The molecule has 0 N–H and O–H groups in total. The van der Waals surface area contributed by atoms with Crippen LogP contribution < -0.4 is 0 Å². The molecule has 2 heterocycles. The van der Waals surface area contributed by atoms with E-state index in [1.165, 1.54) is 11.3 Å². The first-order valence-corrected chi connectivity index (χ1v) is 7.72. The molecule has 20 heavy (non-hydrogen) atoms. The predicted molar refractivity (Wildman–Crippen MR) is 84.2 cm³/mol. The molecule has 0 saturated heterocycles. The molecule has 0 spiro atoms. The summed E-state index contributed by atoms with van der Waals surface area (Å²) in [6, 6.07) is 5.44. The Labute approximate surface area is 134 Å². The van der Waals surface area contributed by atoms with Crippen molar-refractivity contribution in [3.8, 4) is 0 Å². The Morgan fingerprint density at radius 2 is 1.75 bits per heavy atom. The highest BCUT2D eigenvalue weighted by atomic mass is 35.5. The normalized spacial score (nSPS) is 11.2. The van der Waals surface area contributed by atoms with E-state index in [9.17, 15) is 0 Å². The lowest BCUT2D eigenvalue weighted by atomic mass is 10.1. The van der Waals surface area contributed by atoms with Gasteiger partial charge in [0.2, 0.25) is 0 Å². The highest BCUT2D eigenvalue weighted by molar-refractivity contribution is 7.18. The summed E-state index contributed by atoms with van der Waals surface area (Å²) in [5, 5.41) is 2.49. The Kier molecular flexibility index (Phi) is 3.82. The molecule has 7 heteroatoms. The quantitative estimate of drug-likeness (QED) is 0.618. The second-order valence-electron chi connectivity index (χ2n) is 4.20. The van der Waals surface area contributed by atoms with Gasteiger partial charge in [-0.3, -0.25) is 0 Å². The SMILES string of the molecule is Cc1nc(Cl)c2nc(Cc3c(Cl)cccc3Cl)sc2n1. The molecule has 0 aliphatic carbocycles. The molecule has 0 radical (unpaired) electrons. The zero-order valence-electron chi connectivity index (χ0n) is 10.3. The van der Waals surface area contributed by atoms with Crippen molar-refractivity contribution in [2.45, 2.75) is 13.3 Å². The number of nitrogens with zero attached hydrogens (tertiary/aromatic N) is 3. The van der Waals surface area contributed by atoms with E-state index in [0.29, 0.717) is 33.0 Å². The van der Waals surface area contributed by atoms with E-state index in [0.717, 1.165) is 15.4 Å². The van der Waals surface area contributed by atoms with Gasteiger partial charge in [0.25, 0.3) is 0 Å². The Balaban J connectivity index is 2.06. The number of benzene rings is 1. The smallest absolute Gasteiger partial charge is 0.159 e. The van der Waals surface area contributed by atoms with Gasteiger partial charge < -0.3 is 0 Å². The van der Waals surface area contributed by atoms with Crippen LogP contribution in [0, 0.1) is 6.92 Å². The predicted octanol–water partition coefficient (Wildman–Crippen LogP) is 4.95. The molecule has 1 aromatic carbocycles. The number of halogens is 3. The molecule has 0 fully saturated rings. The first-order chi connectivity index (χ1) is 9.54. The summed E-state index contributed by atoms with van der Waals surface area (Å²) in [6.45, 7) is 1.80. The maximum absolute atomic E-state index is 6.17. The van der Waals surface area contributed by atoms with Crippen LogP contribution in [0.5, 0.6) is 0 Å². The van der Waals surface area contributed by atoms with E-state index in [-0.39, 0.29) is 0 Å². The van der Waals surface area contributed by atoms with Gasteiger partial charge in [0, 0.05) is 16.5 Å². The van der Waals surface area contributed by atoms with Crippen molar-refractivity contribution < 1.29 is 0 Å². The van der Waals surface area contributed by atoms with Gasteiger partial charge in [0.1, 0.15) is 21.2 Å². The van der Waals surface area contributed by atoms with Crippen LogP contribution in [-0.2, 0) is 6.42 Å². The highest BCUT2D eigenvalue weighted by Crippen LogP contribution is 2.31. The summed E-state index contributed by atoms with van der Waals surface area (Å²) in [5.41, 5.74) is 1.48. The second kappa shape index (κ2) is 5.45. The van der Waals surface area contributed by atoms with Crippen LogP contribution in [0.25, 0.3) is 10.3 Å². The third-order valence-corrected chi connectivity index (χ3v) is 4.68. The van der Waals surface area contributed by atoms with Crippen molar-refractivity contribution in [2.24, 2.45) is 0 Å². The fourth-order valence-electron chi connectivity index (χ4n) is 1.86. The van der Waals surface area contributed by atoms with E-state index in [1.807, 2.05) is 18.2 Å².